The normalized spacial score (nSPS) is 23.7. The van der Waals surface area contributed by atoms with E-state index < -0.39 is 0 Å². The zero-order valence-electron chi connectivity index (χ0n) is 13.9. The van der Waals surface area contributed by atoms with Crippen molar-refractivity contribution in [3.8, 4) is 0 Å². The van der Waals surface area contributed by atoms with Gasteiger partial charge in [-0.15, -0.1) is 0 Å². The zero-order valence-corrected chi connectivity index (χ0v) is 13.9. The van der Waals surface area contributed by atoms with Crippen LogP contribution in [-0.4, -0.2) is 67.4 Å². The van der Waals surface area contributed by atoms with Crippen molar-refractivity contribution in [3.63, 3.8) is 0 Å². The highest BCUT2D eigenvalue weighted by Gasteiger charge is 2.40. The lowest BCUT2D eigenvalue weighted by Gasteiger charge is -2.38. The van der Waals surface area contributed by atoms with E-state index in [0.29, 0.717) is 31.7 Å². The molecule has 0 aromatic heterocycles. The Morgan fingerprint density at radius 2 is 1.76 bits per heavy atom. The monoisotopic (exact) mass is 298 g/mol. The number of hydrogen-bond acceptors (Lipinski definition) is 4. The van der Waals surface area contributed by atoms with Crippen molar-refractivity contribution in [2.24, 2.45) is 5.92 Å². The maximum Gasteiger partial charge on any atom is 0.236 e. The van der Waals surface area contributed by atoms with Crippen molar-refractivity contribution < 1.29 is 14.3 Å². The Morgan fingerprint density at radius 3 is 2.29 bits per heavy atom. The van der Waals surface area contributed by atoms with Crippen LogP contribution in [0.5, 0.6) is 0 Å². The summed E-state index contributed by atoms with van der Waals surface area (Å²) in [5.41, 5.74) is 0. The number of amides is 1. The third-order valence-corrected chi connectivity index (χ3v) is 4.66. The molecule has 5 nitrogen and oxygen atoms in total. The summed E-state index contributed by atoms with van der Waals surface area (Å²) in [6.45, 7) is 10.2. The van der Waals surface area contributed by atoms with Crippen LogP contribution in [-0.2, 0) is 14.3 Å². The summed E-state index contributed by atoms with van der Waals surface area (Å²) in [7, 11) is 1.92. The second-order valence-corrected chi connectivity index (χ2v) is 6.87. The van der Waals surface area contributed by atoms with Crippen molar-refractivity contribution in [3.05, 3.63) is 0 Å². The van der Waals surface area contributed by atoms with Crippen molar-refractivity contribution >= 4 is 5.91 Å². The quantitative estimate of drug-likeness (QED) is 0.775. The maximum atomic E-state index is 12.4. The first-order valence-electron chi connectivity index (χ1n) is 8.18. The van der Waals surface area contributed by atoms with Crippen LogP contribution in [0.4, 0.5) is 0 Å². The molecule has 2 aliphatic heterocycles. The molecule has 122 valence electrons. The summed E-state index contributed by atoms with van der Waals surface area (Å²) >= 11 is 0. The maximum absolute atomic E-state index is 12.4. The topological polar surface area (TPSA) is 42.0 Å². The number of ether oxygens (including phenoxy) is 2. The van der Waals surface area contributed by atoms with Crippen molar-refractivity contribution in [2.75, 3.05) is 39.9 Å². The van der Waals surface area contributed by atoms with E-state index in [9.17, 15) is 4.79 Å². The van der Waals surface area contributed by atoms with Gasteiger partial charge in [-0.05, 0) is 19.3 Å². The highest BCUT2D eigenvalue weighted by atomic mass is 16.7. The van der Waals surface area contributed by atoms with E-state index in [2.05, 4.69) is 25.7 Å². The molecule has 0 N–H and O–H groups in total. The fourth-order valence-electron chi connectivity index (χ4n) is 3.23. The minimum atomic E-state index is -0.351. The average molecular weight is 298 g/mol. The largest absolute Gasteiger partial charge is 0.347 e. The number of likely N-dealkylation sites (tertiary alicyclic amines) is 1. The molecule has 2 rings (SSSR count). The highest BCUT2D eigenvalue weighted by Crippen LogP contribution is 2.31. The molecule has 0 aromatic rings. The van der Waals surface area contributed by atoms with Crippen LogP contribution in [0.3, 0.4) is 0 Å². The van der Waals surface area contributed by atoms with Gasteiger partial charge < -0.3 is 14.4 Å². The standard InChI is InChI=1S/C16H30N2O3/c1-13(2)11-14(3)17(4)15(19)12-18-7-5-16(6-8-18)20-9-10-21-16/h13-14H,5-12H2,1-4H3. The molecule has 2 aliphatic rings. The van der Waals surface area contributed by atoms with Crippen LogP contribution >= 0.6 is 0 Å². The smallest absolute Gasteiger partial charge is 0.236 e. The van der Waals surface area contributed by atoms with E-state index in [1.54, 1.807) is 0 Å². The Labute approximate surface area is 128 Å². The van der Waals surface area contributed by atoms with Crippen LogP contribution in [0.1, 0.15) is 40.0 Å². The predicted octanol–water partition coefficient (Wildman–Crippen LogP) is 1.72. The number of hydrogen-bond donors (Lipinski definition) is 0. The van der Waals surface area contributed by atoms with Gasteiger partial charge in [0.1, 0.15) is 0 Å². The van der Waals surface area contributed by atoms with Crippen molar-refractivity contribution in [1.29, 1.82) is 0 Å². The Bertz CT molecular complexity index is 343. The molecule has 1 amide bonds. The summed E-state index contributed by atoms with van der Waals surface area (Å²) in [6, 6.07) is 0.301. The molecule has 21 heavy (non-hydrogen) atoms. The van der Waals surface area contributed by atoms with Gasteiger partial charge in [0.15, 0.2) is 5.79 Å². The Morgan fingerprint density at radius 1 is 1.19 bits per heavy atom. The van der Waals surface area contributed by atoms with Crippen LogP contribution in [0, 0.1) is 5.92 Å². The first-order valence-corrected chi connectivity index (χ1v) is 8.18. The molecule has 1 spiro atoms. The molecule has 2 saturated heterocycles. The number of nitrogens with zero attached hydrogens (tertiary/aromatic N) is 2. The van der Waals surface area contributed by atoms with Crippen LogP contribution < -0.4 is 0 Å². The number of likely N-dealkylation sites (N-methyl/N-ethyl adjacent to an activating group) is 1. The summed E-state index contributed by atoms with van der Waals surface area (Å²) in [5.74, 6) is 0.477. The van der Waals surface area contributed by atoms with Crippen LogP contribution in [0.15, 0.2) is 0 Å². The van der Waals surface area contributed by atoms with E-state index >= 15 is 0 Å². The van der Waals surface area contributed by atoms with Gasteiger partial charge in [-0.2, -0.15) is 0 Å². The lowest BCUT2D eigenvalue weighted by molar-refractivity contribution is -0.186. The summed E-state index contributed by atoms with van der Waals surface area (Å²) < 4.78 is 11.4. The lowest BCUT2D eigenvalue weighted by Crippen LogP contribution is -2.49. The van der Waals surface area contributed by atoms with Gasteiger partial charge in [0, 0.05) is 39.0 Å². The molecule has 5 heteroatoms. The molecule has 1 unspecified atom stereocenters. The van der Waals surface area contributed by atoms with Gasteiger partial charge in [-0.3, -0.25) is 9.69 Å². The molecule has 0 radical (unpaired) electrons. The number of carbonyl (C=O) groups excluding carboxylic acids is 1. The van der Waals surface area contributed by atoms with Crippen molar-refractivity contribution in [1.82, 2.24) is 9.80 Å². The summed E-state index contributed by atoms with van der Waals surface area (Å²) in [6.07, 6.45) is 2.78. The van der Waals surface area contributed by atoms with E-state index in [-0.39, 0.29) is 11.7 Å². The first kappa shape index (κ1) is 16.7. The molecular weight excluding hydrogens is 268 g/mol. The van der Waals surface area contributed by atoms with Gasteiger partial charge in [0.2, 0.25) is 5.91 Å². The van der Waals surface area contributed by atoms with Gasteiger partial charge in [0.25, 0.3) is 0 Å². The van der Waals surface area contributed by atoms with Crippen LogP contribution in [0.2, 0.25) is 0 Å². The van der Waals surface area contributed by atoms with Gasteiger partial charge in [0.05, 0.1) is 19.8 Å². The Balaban J connectivity index is 1.76. The van der Waals surface area contributed by atoms with Gasteiger partial charge >= 0.3 is 0 Å². The van der Waals surface area contributed by atoms with E-state index in [1.807, 2.05) is 11.9 Å². The summed E-state index contributed by atoms with van der Waals surface area (Å²) in [5, 5.41) is 0. The van der Waals surface area contributed by atoms with E-state index in [0.717, 1.165) is 32.4 Å². The minimum absolute atomic E-state index is 0.215. The van der Waals surface area contributed by atoms with Gasteiger partial charge in [-0.25, -0.2) is 0 Å². The minimum Gasteiger partial charge on any atom is -0.347 e. The molecule has 0 aliphatic carbocycles. The molecule has 0 aromatic carbocycles. The fourth-order valence-corrected chi connectivity index (χ4v) is 3.23. The van der Waals surface area contributed by atoms with Gasteiger partial charge in [-0.1, -0.05) is 13.8 Å². The Kier molecular flexibility index (Phi) is 5.63. The second-order valence-electron chi connectivity index (χ2n) is 6.87. The average Bonchev–Trinajstić information content (AvgIpc) is 2.88. The molecule has 0 bridgehead atoms. The number of rotatable bonds is 5. The third kappa shape index (κ3) is 4.41. The molecule has 1 atom stereocenters. The fraction of sp³-hybridized carbons (Fsp3) is 0.938. The van der Waals surface area contributed by atoms with E-state index in [1.165, 1.54) is 0 Å². The number of carbonyl (C=O) groups is 1. The number of piperidine rings is 1. The lowest BCUT2D eigenvalue weighted by atomic mass is 10.0. The predicted molar refractivity (Wildman–Crippen MR) is 82.0 cm³/mol. The Hall–Kier alpha value is -0.650. The molecular formula is C16H30N2O3. The zero-order chi connectivity index (χ0) is 15.5. The molecule has 2 heterocycles. The molecule has 2 fully saturated rings. The SMILES string of the molecule is CC(C)CC(C)N(C)C(=O)CN1CCC2(CC1)OCCO2. The third-order valence-electron chi connectivity index (χ3n) is 4.66. The molecule has 0 saturated carbocycles. The second kappa shape index (κ2) is 7.07. The van der Waals surface area contributed by atoms with Crippen molar-refractivity contribution in [2.45, 2.75) is 51.9 Å². The first-order chi connectivity index (χ1) is 9.92. The highest BCUT2D eigenvalue weighted by molar-refractivity contribution is 5.78. The van der Waals surface area contributed by atoms with E-state index in [4.69, 9.17) is 9.47 Å². The summed E-state index contributed by atoms with van der Waals surface area (Å²) in [4.78, 5) is 16.5. The van der Waals surface area contributed by atoms with Crippen LogP contribution in [0.25, 0.3) is 0 Å².